The van der Waals surface area contributed by atoms with Crippen LogP contribution in [0.25, 0.3) is 0 Å². The summed E-state index contributed by atoms with van der Waals surface area (Å²) in [7, 11) is -2.31. The van der Waals surface area contributed by atoms with Gasteiger partial charge < -0.3 is 52.2 Å². The van der Waals surface area contributed by atoms with Crippen molar-refractivity contribution in [2.75, 3.05) is 131 Å². The lowest BCUT2D eigenvalue weighted by atomic mass is 10.3. The van der Waals surface area contributed by atoms with Crippen molar-refractivity contribution < 1.29 is 60.6 Å². The maximum absolute atomic E-state index is 13.3. The molecular formula is C39H67N3O13S. The molecule has 0 unspecified atom stereocenters. The van der Waals surface area contributed by atoms with Gasteiger partial charge in [-0.25, -0.2) is 13.8 Å². The molecule has 0 heterocycles. The van der Waals surface area contributed by atoms with E-state index in [-0.39, 0.29) is 30.5 Å². The fourth-order valence-corrected chi connectivity index (χ4v) is 5.73. The van der Waals surface area contributed by atoms with Gasteiger partial charge in [0.25, 0.3) is 10.0 Å². The predicted octanol–water partition coefficient (Wildman–Crippen LogP) is 4.78. The molecule has 0 radical (unpaired) electrons. The van der Waals surface area contributed by atoms with Gasteiger partial charge in [-0.2, -0.15) is 0 Å². The molecule has 56 heavy (non-hydrogen) atoms. The summed E-state index contributed by atoms with van der Waals surface area (Å²) in [5.74, 6) is 1.10. The summed E-state index contributed by atoms with van der Waals surface area (Å²) in [6, 6.07) is 10.8. The summed E-state index contributed by atoms with van der Waals surface area (Å²) >= 11 is 0. The van der Waals surface area contributed by atoms with E-state index in [1.807, 2.05) is 0 Å². The number of unbranched alkanes of at least 4 members (excludes halogenated alkanes) is 4. The van der Waals surface area contributed by atoms with Crippen LogP contribution in [0.1, 0.15) is 52.4 Å². The minimum atomic E-state index is -3.97. The summed E-state index contributed by atoms with van der Waals surface area (Å²) in [4.78, 5) is 5.23. The minimum Gasteiger partial charge on any atom is -0.487 e. The molecular weight excluding hydrogens is 751 g/mol. The average Bonchev–Trinajstić information content (AvgIpc) is 3.20. The molecule has 2 rings (SSSR count). The van der Waals surface area contributed by atoms with E-state index in [1.54, 1.807) is 37.4 Å². The number of anilines is 1. The first-order chi connectivity index (χ1) is 27.5. The van der Waals surface area contributed by atoms with Crippen LogP contribution < -0.4 is 30.0 Å². The van der Waals surface area contributed by atoms with Gasteiger partial charge in [0.05, 0.1) is 97.4 Å². The first kappa shape index (κ1) is 49.3. The molecule has 0 atom stereocenters. The summed E-state index contributed by atoms with van der Waals surface area (Å²) in [6.45, 7) is 12.5. The Hall–Kier alpha value is -2.81. The number of hydrogen-bond acceptors (Lipinski definition) is 15. The lowest BCUT2D eigenvalue weighted by Crippen LogP contribution is -2.30. The number of rotatable bonds is 40. The Bertz CT molecular complexity index is 1310. The van der Waals surface area contributed by atoms with Crippen molar-refractivity contribution in [3.05, 3.63) is 42.5 Å². The van der Waals surface area contributed by atoms with Gasteiger partial charge in [0.2, 0.25) is 0 Å². The summed E-state index contributed by atoms with van der Waals surface area (Å²) in [6.07, 6.45) is 6.87. The van der Waals surface area contributed by atoms with E-state index in [2.05, 4.69) is 29.6 Å². The summed E-state index contributed by atoms with van der Waals surface area (Å²) in [5.41, 5.74) is 5.50. The Morgan fingerprint density at radius 1 is 0.482 bits per heavy atom. The van der Waals surface area contributed by atoms with E-state index in [1.165, 1.54) is 37.8 Å². The van der Waals surface area contributed by atoms with Gasteiger partial charge in [-0.15, -0.1) is 0 Å². The van der Waals surface area contributed by atoms with Crippen LogP contribution in [0.5, 0.6) is 17.2 Å². The molecule has 2 aromatic rings. The van der Waals surface area contributed by atoms with Gasteiger partial charge in [0.15, 0.2) is 11.5 Å². The van der Waals surface area contributed by atoms with Gasteiger partial charge in [0, 0.05) is 32.0 Å². The van der Waals surface area contributed by atoms with E-state index in [4.69, 9.17) is 52.2 Å². The third-order valence-corrected chi connectivity index (χ3v) is 8.97. The zero-order chi connectivity index (χ0) is 40.2. The summed E-state index contributed by atoms with van der Waals surface area (Å²) in [5, 5.41) is 0. The Morgan fingerprint density at radius 2 is 0.893 bits per heavy atom. The molecule has 0 amide bonds. The van der Waals surface area contributed by atoms with Crippen molar-refractivity contribution in [3.8, 4) is 17.2 Å². The van der Waals surface area contributed by atoms with E-state index in [0.717, 1.165) is 26.1 Å². The molecule has 17 heteroatoms. The Balaban J connectivity index is 1.74. The van der Waals surface area contributed by atoms with Gasteiger partial charge >= 0.3 is 0 Å². The third kappa shape index (κ3) is 25.4. The second-order valence-corrected chi connectivity index (χ2v) is 13.9. The van der Waals surface area contributed by atoms with E-state index in [0.29, 0.717) is 103 Å². The summed E-state index contributed by atoms with van der Waals surface area (Å²) < 4.78 is 85.5. The van der Waals surface area contributed by atoms with Crippen LogP contribution in [0, 0.1) is 0 Å². The highest BCUT2D eigenvalue weighted by molar-refractivity contribution is 7.92. The monoisotopic (exact) mass is 817 g/mol. The van der Waals surface area contributed by atoms with Crippen LogP contribution in [0.3, 0.4) is 0 Å². The second kappa shape index (κ2) is 34.3. The molecule has 0 fully saturated rings. The molecule has 2 aromatic carbocycles. The third-order valence-electron chi connectivity index (χ3n) is 7.59. The van der Waals surface area contributed by atoms with Crippen molar-refractivity contribution in [2.24, 2.45) is 0 Å². The molecule has 0 aliphatic heterocycles. The fourth-order valence-electron chi connectivity index (χ4n) is 4.66. The molecule has 0 saturated heterocycles. The SMILES string of the molecule is CCCCCOCCOCCOCCOCCOc1ccc(S(=O)(=O)Nc2ccc(ONNC)cc2)cc1OCCOCCOCCOCCOCCCCC. The quantitative estimate of drug-likeness (QED) is 0.0620. The second-order valence-electron chi connectivity index (χ2n) is 12.2. The lowest BCUT2D eigenvalue weighted by Gasteiger charge is -2.15. The number of hydrogen-bond donors (Lipinski definition) is 3. The van der Waals surface area contributed by atoms with Crippen LogP contribution in [-0.2, 0) is 47.9 Å². The topological polar surface area (TPSA) is 172 Å². The number of ether oxygens (including phenoxy) is 10. The minimum absolute atomic E-state index is 0.00602. The van der Waals surface area contributed by atoms with E-state index >= 15 is 0 Å². The lowest BCUT2D eigenvalue weighted by molar-refractivity contribution is -0.00568. The zero-order valence-corrected chi connectivity index (χ0v) is 34.5. The zero-order valence-electron chi connectivity index (χ0n) is 33.7. The van der Waals surface area contributed by atoms with E-state index < -0.39 is 10.0 Å². The maximum atomic E-state index is 13.3. The largest absolute Gasteiger partial charge is 0.487 e. The molecule has 0 bridgehead atoms. The number of sulfonamides is 1. The molecule has 0 aliphatic rings. The number of hydrazine groups is 1. The highest BCUT2D eigenvalue weighted by Gasteiger charge is 2.18. The number of benzene rings is 2. The van der Waals surface area contributed by atoms with Gasteiger partial charge in [-0.3, -0.25) is 4.72 Å². The van der Waals surface area contributed by atoms with Gasteiger partial charge in [-0.05, 0) is 49.2 Å². The Kier molecular flexibility index (Phi) is 30.2. The standard InChI is InChI=1S/C39H67N3O13S/c1-4-6-8-16-45-18-20-47-22-24-49-26-28-51-30-32-53-38-15-14-37(56(43,44)41-35-10-12-36(13-11-35)55-42-40-3)34-39(38)54-33-31-52-29-27-50-25-23-48-21-19-46-17-9-7-5-2/h10-15,34,40-42H,4-9,16-33H2,1-3H3. The molecule has 0 aliphatic carbocycles. The molecule has 3 N–H and O–H groups in total. The smallest absolute Gasteiger partial charge is 0.262 e. The Morgan fingerprint density at radius 3 is 1.32 bits per heavy atom. The first-order valence-corrected chi connectivity index (χ1v) is 21.2. The predicted molar refractivity (Wildman–Crippen MR) is 213 cm³/mol. The van der Waals surface area contributed by atoms with Crippen LogP contribution in [0.2, 0.25) is 0 Å². The van der Waals surface area contributed by atoms with Crippen molar-refractivity contribution in [1.82, 2.24) is 11.0 Å². The normalized spacial score (nSPS) is 11.6. The van der Waals surface area contributed by atoms with Crippen molar-refractivity contribution in [2.45, 2.75) is 57.3 Å². The maximum Gasteiger partial charge on any atom is 0.262 e. The van der Waals surface area contributed by atoms with Crippen LogP contribution >= 0.6 is 0 Å². The van der Waals surface area contributed by atoms with Crippen LogP contribution in [-0.4, -0.2) is 134 Å². The molecule has 16 nitrogen and oxygen atoms in total. The Labute approximate surface area is 334 Å². The average molecular weight is 818 g/mol. The first-order valence-electron chi connectivity index (χ1n) is 19.7. The van der Waals surface area contributed by atoms with Crippen molar-refractivity contribution in [3.63, 3.8) is 0 Å². The van der Waals surface area contributed by atoms with Crippen LogP contribution in [0.15, 0.2) is 47.4 Å². The molecule has 0 spiro atoms. The van der Waals surface area contributed by atoms with E-state index in [9.17, 15) is 8.42 Å². The van der Waals surface area contributed by atoms with Crippen molar-refractivity contribution >= 4 is 15.7 Å². The highest BCUT2D eigenvalue weighted by Crippen LogP contribution is 2.31. The molecule has 322 valence electrons. The molecule has 0 aromatic heterocycles. The van der Waals surface area contributed by atoms with Gasteiger partial charge in [0.1, 0.15) is 19.0 Å². The van der Waals surface area contributed by atoms with Crippen LogP contribution in [0.4, 0.5) is 5.69 Å². The fraction of sp³-hybridized carbons (Fsp3) is 0.692. The van der Waals surface area contributed by atoms with Gasteiger partial charge in [-0.1, -0.05) is 45.1 Å². The molecule has 0 saturated carbocycles. The highest BCUT2D eigenvalue weighted by atomic mass is 32.2. The van der Waals surface area contributed by atoms with Crippen molar-refractivity contribution in [1.29, 1.82) is 0 Å². The number of nitrogens with one attached hydrogen (secondary N) is 3.